The van der Waals surface area contributed by atoms with Gasteiger partial charge in [-0.15, -0.1) is 11.3 Å². The van der Waals surface area contributed by atoms with Crippen molar-refractivity contribution >= 4 is 57.7 Å². The molecule has 0 aliphatic carbocycles. The topological polar surface area (TPSA) is 115 Å². The van der Waals surface area contributed by atoms with E-state index in [2.05, 4.69) is 20.6 Å². The summed E-state index contributed by atoms with van der Waals surface area (Å²) in [6.45, 7) is -0.611. The molecule has 1 aromatic carbocycles. The minimum absolute atomic E-state index is 0.0594. The molecule has 1 fully saturated rings. The van der Waals surface area contributed by atoms with Gasteiger partial charge in [0.2, 0.25) is 5.95 Å². The molecule has 4 rings (SSSR count). The lowest BCUT2D eigenvalue weighted by molar-refractivity contribution is -0.0493. The molecule has 0 spiro atoms. The van der Waals surface area contributed by atoms with Crippen molar-refractivity contribution in [1.29, 1.82) is 0 Å². The zero-order valence-electron chi connectivity index (χ0n) is 17.1. The fourth-order valence-corrected chi connectivity index (χ4v) is 4.03. The number of primary amides is 1. The Kier molecular flexibility index (Phi) is 7.06. The maximum atomic E-state index is 13.1. The SMILES string of the molecule is NC(=O)c1sccc1Nc1nc(Nc2ccc(N3CCOCC3)cc2OC(F)F)ncc1Cl. The number of hydrogen-bond donors (Lipinski definition) is 3. The molecule has 33 heavy (non-hydrogen) atoms. The number of nitrogens with two attached hydrogens (primary N) is 1. The summed E-state index contributed by atoms with van der Waals surface area (Å²) in [7, 11) is 0. The average Bonchev–Trinajstić information content (AvgIpc) is 3.26. The van der Waals surface area contributed by atoms with Crippen LogP contribution in [0, 0.1) is 0 Å². The van der Waals surface area contributed by atoms with E-state index in [0.717, 1.165) is 5.69 Å². The summed E-state index contributed by atoms with van der Waals surface area (Å²) in [6.07, 6.45) is 1.34. The third kappa shape index (κ3) is 5.59. The first-order chi connectivity index (χ1) is 15.9. The van der Waals surface area contributed by atoms with Crippen LogP contribution in [0.4, 0.5) is 37.6 Å². The molecule has 1 aliphatic heterocycles. The van der Waals surface area contributed by atoms with Gasteiger partial charge in [0.05, 0.1) is 30.8 Å². The molecule has 1 aliphatic rings. The Bertz CT molecular complexity index is 1140. The largest absolute Gasteiger partial charge is 0.433 e. The highest BCUT2D eigenvalue weighted by Gasteiger charge is 2.18. The van der Waals surface area contributed by atoms with Gasteiger partial charge >= 0.3 is 6.61 Å². The molecular weight excluding hydrogens is 478 g/mol. The first-order valence-corrected chi connectivity index (χ1v) is 11.0. The number of benzene rings is 1. The van der Waals surface area contributed by atoms with E-state index >= 15 is 0 Å². The molecule has 9 nitrogen and oxygen atoms in total. The van der Waals surface area contributed by atoms with Crippen molar-refractivity contribution in [2.45, 2.75) is 6.61 Å². The van der Waals surface area contributed by atoms with Gasteiger partial charge in [0.15, 0.2) is 11.6 Å². The minimum Gasteiger partial charge on any atom is -0.433 e. The van der Waals surface area contributed by atoms with Crippen LogP contribution < -0.4 is 26.0 Å². The van der Waals surface area contributed by atoms with Gasteiger partial charge in [-0.2, -0.15) is 13.8 Å². The number of carbonyl (C=O) groups is 1. The van der Waals surface area contributed by atoms with E-state index in [1.807, 2.05) is 4.90 Å². The second-order valence-electron chi connectivity index (χ2n) is 6.83. The van der Waals surface area contributed by atoms with Crippen LogP contribution in [0.25, 0.3) is 0 Å². The standard InChI is InChI=1S/C20H19ClF2N6O3S/c21-12-10-25-20(28-18(12)26-14-3-8-33-16(14)17(24)30)27-13-2-1-11(9-15(13)32-19(22)23)29-4-6-31-7-5-29/h1-3,8-10,19H,4-7H2,(H2,24,30)(H2,25,26,27,28). The van der Waals surface area contributed by atoms with Gasteiger partial charge in [-0.05, 0) is 23.6 Å². The molecule has 13 heteroatoms. The van der Waals surface area contributed by atoms with E-state index in [1.54, 1.807) is 23.6 Å². The third-order valence-corrected chi connectivity index (χ3v) is 5.90. The molecule has 4 N–H and O–H groups in total. The Morgan fingerprint density at radius 1 is 1.24 bits per heavy atom. The van der Waals surface area contributed by atoms with E-state index < -0.39 is 12.5 Å². The molecule has 0 unspecified atom stereocenters. The quantitative estimate of drug-likeness (QED) is 0.425. The summed E-state index contributed by atoms with van der Waals surface area (Å²) in [6, 6.07) is 6.58. The lowest BCUT2D eigenvalue weighted by Crippen LogP contribution is -2.36. The molecule has 0 radical (unpaired) electrons. The highest BCUT2D eigenvalue weighted by atomic mass is 35.5. The molecular formula is C20H19ClF2N6O3S. The van der Waals surface area contributed by atoms with Gasteiger partial charge in [-0.1, -0.05) is 11.6 Å². The molecule has 174 valence electrons. The van der Waals surface area contributed by atoms with Gasteiger partial charge in [0, 0.05) is 24.8 Å². The number of alkyl halides is 2. The molecule has 3 heterocycles. The van der Waals surface area contributed by atoms with Crippen molar-refractivity contribution in [3.8, 4) is 5.75 Å². The van der Waals surface area contributed by atoms with Crippen molar-refractivity contribution in [1.82, 2.24) is 9.97 Å². The van der Waals surface area contributed by atoms with Crippen LogP contribution >= 0.6 is 22.9 Å². The van der Waals surface area contributed by atoms with E-state index in [9.17, 15) is 13.6 Å². The van der Waals surface area contributed by atoms with E-state index in [-0.39, 0.29) is 28.2 Å². The highest BCUT2D eigenvalue weighted by molar-refractivity contribution is 7.12. The number of rotatable bonds is 8. The number of morpholine rings is 1. The van der Waals surface area contributed by atoms with Crippen LogP contribution in [-0.4, -0.2) is 48.8 Å². The van der Waals surface area contributed by atoms with Gasteiger partial charge in [-0.3, -0.25) is 4.79 Å². The van der Waals surface area contributed by atoms with E-state index in [1.165, 1.54) is 23.6 Å². The molecule has 1 saturated heterocycles. The number of nitrogens with one attached hydrogen (secondary N) is 2. The highest BCUT2D eigenvalue weighted by Crippen LogP contribution is 2.34. The number of carbonyl (C=O) groups excluding carboxylic acids is 1. The Morgan fingerprint density at radius 2 is 2.03 bits per heavy atom. The van der Waals surface area contributed by atoms with Crippen molar-refractivity contribution in [2.75, 3.05) is 41.8 Å². The van der Waals surface area contributed by atoms with Crippen LogP contribution in [0.1, 0.15) is 9.67 Å². The van der Waals surface area contributed by atoms with E-state index in [0.29, 0.717) is 36.9 Å². The smallest absolute Gasteiger partial charge is 0.387 e. The fraction of sp³-hybridized carbons (Fsp3) is 0.250. The van der Waals surface area contributed by atoms with Gasteiger partial charge in [0.25, 0.3) is 5.91 Å². The predicted octanol–water partition coefficient (Wildman–Crippen LogP) is 4.22. The number of halogens is 3. The average molecular weight is 497 g/mol. The number of hydrogen-bond acceptors (Lipinski definition) is 9. The van der Waals surface area contributed by atoms with Crippen molar-refractivity contribution in [3.05, 3.63) is 45.7 Å². The number of anilines is 5. The van der Waals surface area contributed by atoms with Crippen LogP contribution in [-0.2, 0) is 4.74 Å². The summed E-state index contributed by atoms with van der Waals surface area (Å²) in [5, 5.41) is 7.71. The molecule has 0 bridgehead atoms. The Balaban J connectivity index is 1.59. The first kappa shape index (κ1) is 23.0. The van der Waals surface area contributed by atoms with Crippen LogP contribution in [0.2, 0.25) is 5.02 Å². The van der Waals surface area contributed by atoms with Crippen LogP contribution in [0.5, 0.6) is 5.75 Å². The number of aromatic nitrogens is 2. The lowest BCUT2D eigenvalue weighted by Gasteiger charge is -2.29. The van der Waals surface area contributed by atoms with Gasteiger partial charge < -0.3 is 30.7 Å². The second-order valence-corrected chi connectivity index (χ2v) is 8.15. The normalized spacial score (nSPS) is 13.8. The van der Waals surface area contributed by atoms with Gasteiger partial charge in [0.1, 0.15) is 9.90 Å². The molecule has 0 atom stereocenters. The number of amides is 1. The minimum atomic E-state index is -3.01. The Morgan fingerprint density at radius 3 is 2.76 bits per heavy atom. The van der Waals surface area contributed by atoms with Crippen LogP contribution in [0.3, 0.4) is 0 Å². The van der Waals surface area contributed by atoms with Crippen LogP contribution in [0.15, 0.2) is 35.8 Å². The summed E-state index contributed by atoms with van der Waals surface area (Å²) in [4.78, 5) is 22.3. The lowest BCUT2D eigenvalue weighted by atomic mass is 10.2. The number of ether oxygens (including phenoxy) is 2. The summed E-state index contributed by atoms with van der Waals surface area (Å²) in [5.74, 6) is -0.367. The Hall–Kier alpha value is -3.22. The zero-order chi connectivity index (χ0) is 23.4. The number of thiophene rings is 1. The monoisotopic (exact) mass is 496 g/mol. The third-order valence-electron chi connectivity index (χ3n) is 4.69. The second kappa shape index (κ2) is 10.1. The van der Waals surface area contributed by atoms with Crippen molar-refractivity contribution in [2.24, 2.45) is 5.73 Å². The van der Waals surface area contributed by atoms with E-state index in [4.69, 9.17) is 26.8 Å². The van der Waals surface area contributed by atoms with Crippen molar-refractivity contribution in [3.63, 3.8) is 0 Å². The maximum absolute atomic E-state index is 13.1. The number of nitrogens with zero attached hydrogens (tertiary/aromatic N) is 3. The zero-order valence-corrected chi connectivity index (χ0v) is 18.6. The molecule has 0 saturated carbocycles. The fourth-order valence-electron chi connectivity index (χ4n) is 3.19. The summed E-state index contributed by atoms with van der Waals surface area (Å²) < 4.78 is 36.2. The predicted molar refractivity (Wildman–Crippen MR) is 123 cm³/mol. The summed E-state index contributed by atoms with van der Waals surface area (Å²) in [5.41, 5.74) is 6.79. The molecule has 3 aromatic rings. The summed E-state index contributed by atoms with van der Waals surface area (Å²) >= 11 is 7.36. The molecule has 1 amide bonds. The maximum Gasteiger partial charge on any atom is 0.387 e. The van der Waals surface area contributed by atoms with Gasteiger partial charge in [-0.25, -0.2) is 4.98 Å². The molecule has 2 aromatic heterocycles. The Labute approximate surface area is 196 Å². The van der Waals surface area contributed by atoms with Crippen molar-refractivity contribution < 1.29 is 23.0 Å². The first-order valence-electron chi connectivity index (χ1n) is 9.76.